The minimum atomic E-state index is -1.40. The molecular formula is C24H22F4N4O2. The molecule has 1 atom stereocenters. The average molecular weight is 474 g/mol. The number of nitrogens with two attached hydrogens (primary N) is 1. The first-order chi connectivity index (χ1) is 16.3. The number of carbonyl (C=O) groups excluding carboxylic acids is 1. The Morgan fingerprint density at radius 2 is 1.85 bits per heavy atom. The molecule has 1 aromatic heterocycles. The highest BCUT2D eigenvalue weighted by Crippen LogP contribution is 2.35. The molecule has 10 heteroatoms. The van der Waals surface area contributed by atoms with Gasteiger partial charge in [-0.05, 0) is 31.0 Å². The number of aromatic nitrogens is 1. The zero-order chi connectivity index (χ0) is 24.4. The van der Waals surface area contributed by atoms with Gasteiger partial charge < -0.3 is 20.7 Å². The van der Waals surface area contributed by atoms with E-state index in [2.05, 4.69) is 10.3 Å². The normalized spacial score (nSPS) is 15.8. The largest absolute Gasteiger partial charge is 0.497 e. The highest BCUT2D eigenvalue weighted by molar-refractivity contribution is 6.06. The Bertz CT molecular complexity index is 1210. The van der Waals surface area contributed by atoms with Crippen molar-refractivity contribution in [2.24, 2.45) is 5.73 Å². The van der Waals surface area contributed by atoms with Crippen LogP contribution in [0.15, 0.2) is 42.7 Å². The summed E-state index contributed by atoms with van der Waals surface area (Å²) in [5.41, 5.74) is 4.49. The van der Waals surface area contributed by atoms with Crippen LogP contribution in [-0.2, 0) is 0 Å². The lowest BCUT2D eigenvalue weighted by atomic mass is 9.99. The van der Waals surface area contributed by atoms with E-state index in [1.54, 1.807) is 12.3 Å². The van der Waals surface area contributed by atoms with Gasteiger partial charge in [0.15, 0.2) is 0 Å². The molecule has 2 heterocycles. The number of nitrogens with one attached hydrogen (secondary N) is 1. The van der Waals surface area contributed by atoms with E-state index in [-0.39, 0.29) is 11.8 Å². The van der Waals surface area contributed by atoms with Crippen molar-refractivity contribution in [3.05, 3.63) is 71.6 Å². The fourth-order valence-corrected chi connectivity index (χ4v) is 4.04. The van der Waals surface area contributed by atoms with Crippen LogP contribution in [0.3, 0.4) is 0 Å². The van der Waals surface area contributed by atoms with Crippen LogP contribution in [0.5, 0.6) is 5.75 Å². The van der Waals surface area contributed by atoms with Gasteiger partial charge in [0.1, 0.15) is 29.0 Å². The van der Waals surface area contributed by atoms with Crippen LogP contribution in [0.4, 0.5) is 28.9 Å². The van der Waals surface area contributed by atoms with Crippen LogP contribution in [0.25, 0.3) is 11.1 Å². The van der Waals surface area contributed by atoms with Crippen molar-refractivity contribution in [3.63, 3.8) is 0 Å². The average Bonchev–Trinajstić information content (AvgIpc) is 2.80. The second-order valence-corrected chi connectivity index (χ2v) is 7.95. The monoisotopic (exact) mass is 474 g/mol. The number of anilines is 2. The lowest BCUT2D eigenvalue weighted by molar-refractivity contribution is 0.102. The molecule has 0 saturated carbocycles. The van der Waals surface area contributed by atoms with Gasteiger partial charge in [0.05, 0.1) is 41.4 Å². The smallest absolute Gasteiger partial charge is 0.258 e. The maximum absolute atomic E-state index is 15.3. The summed E-state index contributed by atoms with van der Waals surface area (Å²) in [5, 5.41) is 2.57. The maximum atomic E-state index is 15.3. The number of pyridine rings is 1. The third-order valence-electron chi connectivity index (χ3n) is 5.68. The third-order valence-corrected chi connectivity index (χ3v) is 5.68. The van der Waals surface area contributed by atoms with Gasteiger partial charge in [0, 0.05) is 37.5 Å². The molecule has 0 spiro atoms. The number of nitrogens with zero attached hydrogens (tertiary/aromatic N) is 2. The number of methoxy groups -OCH3 is 1. The number of halogens is 4. The summed E-state index contributed by atoms with van der Waals surface area (Å²) >= 11 is 0. The van der Waals surface area contributed by atoms with Crippen LogP contribution in [0.2, 0.25) is 0 Å². The second kappa shape index (κ2) is 9.68. The maximum Gasteiger partial charge on any atom is 0.258 e. The number of hydrogen-bond donors (Lipinski definition) is 2. The van der Waals surface area contributed by atoms with Crippen molar-refractivity contribution < 1.29 is 27.1 Å². The first-order valence-corrected chi connectivity index (χ1v) is 10.6. The van der Waals surface area contributed by atoms with Gasteiger partial charge in [-0.15, -0.1) is 0 Å². The Kier molecular flexibility index (Phi) is 6.69. The lowest BCUT2D eigenvalue weighted by Crippen LogP contribution is -2.43. The van der Waals surface area contributed by atoms with E-state index in [1.165, 1.54) is 13.3 Å². The molecule has 6 nitrogen and oxygen atoms in total. The molecule has 1 fully saturated rings. The van der Waals surface area contributed by atoms with Gasteiger partial charge in [0.25, 0.3) is 5.91 Å². The topological polar surface area (TPSA) is 80.5 Å². The Labute approximate surface area is 193 Å². The van der Waals surface area contributed by atoms with Crippen LogP contribution < -0.4 is 20.7 Å². The summed E-state index contributed by atoms with van der Waals surface area (Å²) in [6.07, 6.45) is 4.70. The van der Waals surface area contributed by atoms with Crippen molar-refractivity contribution in [2.75, 3.05) is 30.4 Å². The van der Waals surface area contributed by atoms with Crippen LogP contribution in [0, 0.1) is 23.3 Å². The summed E-state index contributed by atoms with van der Waals surface area (Å²) < 4.78 is 63.7. The van der Waals surface area contributed by atoms with Gasteiger partial charge >= 0.3 is 0 Å². The first-order valence-electron chi connectivity index (χ1n) is 10.6. The van der Waals surface area contributed by atoms with Gasteiger partial charge in [0.2, 0.25) is 0 Å². The van der Waals surface area contributed by atoms with Gasteiger partial charge in [-0.25, -0.2) is 17.6 Å². The van der Waals surface area contributed by atoms with Crippen molar-refractivity contribution in [2.45, 2.75) is 18.9 Å². The summed E-state index contributed by atoms with van der Waals surface area (Å²) in [7, 11) is 1.20. The standard InChI is InChI=1S/C24H22F4N4O2/c1-34-14-9-17(26)21(18(27)10-14)22-16(25)5-4-15(23(22)28)24(33)31-19-11-30-7-6-20(19)32-8-2-3-13(29)12-32/h4-7,9-11,13H,2-3,8,12,29H2,1H3,(H,31,33)/t13-/m0/s1. The molecule has 0 radical (unpaired) electrons. The zero-order valence-corrected chi connectivity index (χ0v) is 18.2. The number of ether oxygens (including phenoxy) is 1. The summed E-state index contributed by atoms with van der Waals surface area (Å²) in [4.78, 5) is 18.9. The second-order valence-electron chi connectivity index (χ2n) is 7.95. The first kappa shape index (κ1) is 23.5. The Morgan fingerprint density at radius 3 is 2.53 bits per heavy atom. The Balaban J connectivity index is 1.70. The molecule has 0 aliphatic carbocycles. The lowest BCUT2D eigenvalue weighted by Gasteiger charge is -2.33. The van der Waals surface area contributed by atoms with E-state index in [9.17, 15) is 18.0 Å². The fourth-order valence-electron chi connectivity index (χ4n) is 4.04. The van der Waals surface area contributed by atoms with Crippen molar-refractivity contribution in [3.8, 4) is 16.9 Å². The quantitative estimate of drug-likeness (QED) is 0.533. The predicted octanol–water partition coefficient (Wildman–Crippen LogP) is 4.49. The summed E-state index contributed by atoms with van der Waals surface area (Å²) in [6, 6.07) is 4.96. The summed E-state index contributed by atoms with van der Waals surface area (Å²) in [5.74, 6) is -6.17. The van der Waals surface area contributed by atoms with Gasteiger partial charge in [-0.3, -0.25) is 9.78 Å². The molecule has 3 N–H and O–H groups in total. The minimum Gasteiger partial charge on any atom is -0.497 e. The molecule has 1 aliphatic heterocycles. The number of rotatable bonds is 5. The SMILES string of the molecule is COc1cc(F)c(-c2c(F)ccc(C(=O)Nc3cnccc3N3CCC[C@H](N)C3)c2F)c(F)c1. The van der Waals surface area contributed by atoms with Crippen molar-refractivity contribution >= 4 is 17.3 Å². The fraction of sp³-hybridized carbons (Fsp3) is 0.250. The molecule has 1 aliphatic rings. The minimum absolute atomic E-state index is 0.0307. The number of piperidine rings is 1. The van der Waals surface area contributed by atoms with Crippen LogP contribution in [0.1, 0.15) is 23.2 Å². The van der Waals surface area contributed by atoms with Crippen LogP contribution in [-0.4, -0.2) is 37.1 Å². The summed E-state index contributed by atoms with van der Waals surface area (Å²) in [6.45, 7) is 1.28. The molecule has 1 amide bonds. The molecular weight excluding hydrogens is 452 g/mol. The predicted molar refractivity (Wildman–Crippen MR) is 120 cm³/mol. The van der Waals surface area contributed by atoms with Crippen molar-refractivity contribution in [1.29, 1.82) is 0 Å². The Hall–Kier alpha value is -3.66. The van der Waals surface area contributed by atoms with Gasteiger partial charge in [-0.2, -0.15) is 0 Å². The number of hydrogen-bond acceptors (Lipinski definition) is 5. The number of amides is 1. The molecule has 4 rings (SSSR count). The van der Waals surface area contributed by atoms with Crippen LogP contribution >= 0.6 is 0 Å². The number of benzene rings is 2. The van der Waals surface area contributed by atoms with Gasteiger partial charge in [-0.1, -0.05) is 0 Å². The third kappa shape index (κ3) is 4.54. The van der Waals surface area contributed by atoms with E-state index in [4.69, 9.17) is 10.5 Å². The van der Waals surface area contributed by atoms with Crippen molar-refractivity contribution in [1.82, 2.24) is 4.98 Å². The van der Waals surface area contributed by atoms with E-state index in [0.717, 1.165) is 37.1 Å². The van der Waals surface area contributed by atoms with E-state index in [0.29, 0.717) is 24.5 Å². The highest BCUT2D eigenvalue weighted by Gasteiger charge is 2.26. The highest BCUT2D eigenvalue weighted by atomic mass is 19.1. The molecule has 34 heavy (non-hydrogen) atoms. The molecule has 2 aromatic carbocycles. The molecule has 0 bridgehead atoms. The molecule has 178 valence electrons. The number of carbonyl (C=O) groups is 1. The van der Waals surface area contributed by atoms with E-state index < -0.39 is 45.9 Å². The Morgan fingerprint density at radius 1 is 1.12 bits per heavy atom. The molecule has 1 saturated heterocycles. The van der Waals surface area contributed by atoms with E-state index in [1.807, 2.05) is 4.90 Å². The van der Waals surface area contributed by atoms with E-state index >= 15 is 4.39 Å². The zero-order valence-electron chi connectivity index (χ0n) is 18.2. The molecule has 0 unspecified atom stereocenters. The molecule has 3 aromatic rings.